The first-order valence-corrected chi connectivity index (χ1v) is 15.5. The second-order valence-electron chi connectivity index (χ2n) is 11.7. The van der Waals surface area contributed by atoms with Crippen molar-refractivity contribution in [3.8, 4) is 21.7 Å². The molecule has 0 fully saturated rings. The number of anilines is 2. The first kappa shape index (κ1) is 33.0. The smallest absolute Gasteiger partial charge is 0.416 e. The number of hydrogen-bond donors (Lipinski definition) is 1. The lowest BCUT2D eigenvalue weighted by molar-refractivity contribution is -0.238. The molecule has 0 saturated heterocycles. The summed E-state index contributed by atoms with van der Waals surface area (Å²) in [7, 11) is 4.03. The van der Waals surface area contributed by atoms with Crippen LogP contribution in [0.25, 0.3) is 31.9 Å². The van der Waals surface area contributed by atoms with E-state index in [4.69, 9.17) is 19.5 Å². The molecule has 0 aliphatic heterocycles. The molecular weight excluding hydrogens is 620 g/mol. The van der Waals surface area contributed by atoms with Gasteiger partial charge >= 0.3 is 18.0 Å². The van der Waals surface area contributed by atoms with E-state index >= 15 is 0 Å². The Morgan fingerprint density at radius 1 is 0.872 bits per heavy atom. The second-order valence-corrected chi connectivity index (χ2v) is 12.8. The predicted molar refractivity (Wildman–Crippen MR) is 181 cm³/mol. The lowest BCUT2D eigenvalue weighted by Gasteiger charge is -2.26. The molecule has 11 nitrogen and oxygen atoms in total. The molecule has 3 aromatic carbocycles. The maximum absolute atomic E-state index is 13.1. The number of ether oxygens (including phenoxy) is 1. The van der Waals surface area contributed by atoms with E-state index in [1.165, 1.54) is 29.2 Å². The fraction of sp³-hybridized carbons (Fsp3) is 0.229. The number of carbonyl (C=O) groups is 3. The van der Waals surface area contributed by atoms with Crippen LogP contribution < -0.4 is 9.80 Å². The summed E-state index contributed by atoms with van der Waals surface area (Å²) < 4.78 is 6.69. The van der Waals surface area contributed by atoms with Crippen LogP contribution in [0, 0.1) is 0 Å². The van der Waals surface area contributed by atoms with Gasteiger partial charge in [0, 0.05) is 37.1 Å². The predicted octanol–water partition coefficient (Wildman–Crippen LogP) is 7.32. The van der Waals surface area contributed by atoms with Gasteiger partial charge in [-0.15, -0.1) is 11.3 Å². The van der Waals surface area contributed by atoms with Crippen LogP contribution in [0.1, 0.15) is 41.5 Å². The summed E-state index contributed by atoms with van der Waals surface area (Å²) in [5, 5.41) is 10.3. The van der Waals surface area contributed by atoms with E-state index in [-0.39, 0.29) is 24.3 Å². The molecule has 0 aliphatic carbocycles. The Balaban J connectivity index is 1.27. The Morgan fingerprint density at radius 2 is 1.55 bits per heavy atom. The number of benzene rings is 3. The lowest BCUT2D eigenvalue weighted by atomic mass is 10.1. The molecule has 1 amide bonds. The number of carbonyl (C=O) groups excluding carboxylic acids is 2. The summed E-state index contributed by atoms with van der Waals surface area (Å²) in [4.78, 5) is 59.5. The minimum Gasteiger partial charge on any atom is -0.478 e. The third-order valence-electron chi connectivity index (χ3n) is 6.90. The van der Waals surface area contributed by atoms with Crippen LogP contribution in [-0.2, 0) is 14.5 Å². The topological polar surface area (TPSA) is 131 Å². The first-order valence-electron chi connectivity index (χ1n) is 14.7. The van der Waals surface area contributed by atoms with Gasteiger partial charge in [-0.05, 0) is 68.8 Å². The van der Waals surface area contributed by atoms with Gasteiger partial charge in [-0.2, -0.15) is 4.89 Å². The first-order chi connectivity index (χ1) is 22.4. The zero-order valence-corrected chi connectivity index (χ0v) is 27.4. The highest BCUT2D eigenvalue weighted by Crippen LogP contribution is 2.33. The van der Waals surface area contributed by atoms with Crippen molar-refractivity contribution in [1.29, 1.82) is 0 Å². The van der Waals surface area contributed by atoms with Crippen LogP contribution in [0.15, 0.2) is 85.1 Å². The summed E-state index contributed by atoms with van der Waals surface area (Å²) in [5.74, 6) is -1.94. The number of nitrogens with zero attached hydrogens (tertiary/aromatic N) is 4. The minimum atomic E-state index is -1.27. The van der Waals surface area contributed by atoms with Gasteiger partial charge in [0.15, 0.2) is 0 Å². The van der Waals surface area contributed by atoms with E-state index in [2.05, 4.69) is 22.0 Å². The van der Waals surface area contributed by atoms with Gasteiger partial charge in [0.05, 0.1) is 27.9 Å². The third kappa shape index (κ3) is 8.10. The molecule has 1 N–H and O–H groups in total. The van der Waals surface area contributed by atoms with Crippen molar-refractivity contribution in [2.24, 2.45) is 0 Å². The highest BCUT2D eigenvalue weighted by molar-refractivity contribution is 7.21. The number of aromatic carboxylic acids is 1. The molecule has 12 heteroatoms. The minimum absolute atomic E-state index is 0.0674. The van der Waals surface area contributed by atoms with E-state index < -0.39 is 23.6 Å². The fourth-order valence-electron chi connectivity index (χ4n) is 4.57. The molecular formula is C35H34N4O7S. The lowest BCUT2D eigenvalue weighted by Crippen LogP contribution is -2.39. The summed E-state index contributed by atoms with van der Waals surface area (Å²) in [6, 6.07) is 23.4. The van der Waals surface area contributed by atoms with Gasteiger partial charge in [-0.25, -0.2) is 24.4 Å². The number of pyridine rings is 1. The molecule has 0 aliphatic rings. The van der Waals surface area contributed by atoms with Crippen LogP contribution in [0.2, 0.25) is 0 Å². The van der Waals surface area contributed by atoms with Gasteiger partial charge in [0.2, 0.25) is 0 Å². The molecule has 5 aromatic rings. The molecule has 47 heavy (non-hydrogen) atoms. The van der Waals surface area contributed by atoms with Crippen LogP contribution in [0.3, 0.4) is 0 Å². The number of hydrogen-bond acceptors (Lipinski definition) is 10. The molecule has 0 saturated carbocycles. The summed E-state index contributed by atoms with van der Waals surface area (Å²) >= 11 is 1.64. The quantitative estimate of drug-likeness (QED) is 0.0928. The highest BCUT2D eigenvalue weighted by atomic mass is 32.1. The molecule has 0 radical (unpaired) electrons. The van der Waals surface area contributed by atoms with Crippen LogP contribution in [0.5, 0.6) is 0 Å². The highest BCUT2D eigenvalue weighted by Gasteiger charge is 2.25. The Labute approximate surface area is 275 Å². The number of rotatable bonds is 10. The summed E-state index contributed by atoms with van der Waals surface area (Å²) in [5.41, 5.74) is 3.72. The molecule has 0 unspecified atom stereocenters. The molecule has 0 spiro atoms. The van der Waals surface area contributed by atoms with Gasteiger partial charge in [-0.1, -0.05) is 36.4 Å². The Bertz CT molecular complexity index is 1900. The van der Waals surface area contributed by atoms with Gasteiger partial charge in [-0.3, -0.25) is 9.79 Å². The Morgan fingerprint density at radius 3 is 2.19 bits per heavy atom. The van der Waals surface area contributed by atoms with Crippen molar-refractivity contribution in [2.75, 3.05) is 37.0 Å². The fourth-order valence-corrected chi connectivity index (χ4v) is 5.57. The van der Waals surface area contributed by atoms with Gasteiger partial charge in [0.1, 0.15) is 23.0 Å². The van der Waals surface area contributed by atoms with Gasteiger partial charge in [0.25, 0.3) is 0 Å². The number of thiazole rings is 1. The van der Waals surface area contributed by atoms with Gasteiger partial charge < -0.3 is 14.7 Å². The average molecular weight is 655 g/mol. The largest absolute Gasteiger partial charge is 0.478 e. The molecule has 0 bridgehead atoms. The number of aromatic nitrogens is 2. The number of carboxylic acids is 1. The average Bonchev–Trinajstić information content (AvgIpc) is 3.48. The van der Waals surface area contributed by atoms with Crippen LogP contribution >= 0.6 is 11.3 Å². The van der Waals surface area contributed by atoms with Crippen LogP contribution in [0.4, 0.5) is 16.3 Å². The second kappa shape index (κ2) is 14.0. The summed E-state index contributed by atoms with van der Waals surface area (Å²) in [6.45, 7) is 4.94. The number of amides is 1. The zero-order valence-electron chi connectivity index (χ0n) is 26.6. The van der Waals surface area contributed by atoms with E-state index in [1.807, 2.05) is 50.5 Å². The summed E-state index contributed by atoms with van der Waals surface area (Å²) in [6.07, 6.45) is 0.994. The normalized spacial score (nSPS) is 11.3. The van der Waals surface area contributed by atoms with Crippen molar-refractivity contribution in [2.45, 2.75) is 26.4 Å². The Hall–Kier alpha value is -5.33. The van der Waals surface area contributed by atoms with Crippen molar-refractivity contribution in [3.05, 3.63) is 96.2 Å². The van der Waals surface area contributed by atoms with Crippen molar-refractivity contribution < 1.29 is 34.0 Å². The number of fused-ring (bicyclic) bond motifs is 1. The number of carboxylic acid groups (broad SMARTS) is 1. The SMILES string of the molecule is CN(C)c1ccc2nc(-c3ccc(-c4ccc(N(CCOOC(=O)c5ccccc5C(=O)O)C(=O)OC(C)(C)C)nc4)cc3)sc2c1. The monoisotopic (exact) mass is 654 g/mol. The Kier molecular flexibility index (Phi) is 9.83. The van der Waals surface area contributed by atoms with E-state index in [0.717, 1.165) is 37.6 Å². The maximum Gasteiger partial charge on any atom is 0.416 e. The molecule has 2 heterocycles. The standard InChI is InChI=1S/C35H34N4O7S/c1-35(2,3)45-34(43)39(18-19-44-46-33(42)27-9-7-6-8-26(27)32(40)41)30-17-14-24(21-36-30)22-10-12-23(13-11-22)31-37-28-16-15-25(38(4)5)20-29(28)47-31/h6-17,20-21H,18-19H2,1-5H3,(H,40,41). The molecule has 2 aromatic heterocycles. The van der Waals surface area contributed by atoms with E-state index in [1.54, 1.807) is 44.4 Å². The van der Waals surface area contributed by atoms with Crippen molar-refractivity contribution in [3.63, 3.8) is 0 Å². The maximum atomic E-state index is 13.1. The molecule has 0 atom stereocenters. The van der Waals surface area contributed by atoms with Crippen molar-refractivity contribution in [1.82, 2.24) is 9.97 Å². The molecule has 242 valence electrons. The van der Waals surface area contributed by atoms with Crippen molar-refractivity contribution >= 4 is 51.1 Å². The van der Waals surface area contributed by atoms with E-state index in [0.29, 0.717) is 5.82 Å². The molecule has 5 rings (SSSR count). The van der Waals surface area contributed by atoms with E-state index in [9.17, 15) is 19.5 Å². The van der Waals surface area contributed by atoms with Crippen LogP contribution in [-0.4, -0.2) is 66.0 Å². The zero-order chi connectivity index (χ0) is 33.7. The third-order valence-corrected chi connectivity index (χ3v) is 7.97.